The second kappa shape index (κ2) is 9.21. The zero-order valence-electron chi connectivity index (χ0n) is 13.5. The van der Waals surface area contributed by atoms with Gasteiger partial charge < -0.3 is 5.32 Å². The first-order valence-corrected chi connectivity index (χ1v) is 8.86. The Bertz CT molecular complexity index is 639. The molecule has 2 nitrogen and oxygen atoms in total. The van der Waals surface area contributed by atoms with E-state index in [2.05, 4.69) is 31.0 Å². The van der Waals surface area contributed by atoms with Crippen molar-refractivity contribution in [2.75, 3.05) is 5.75 Å². The third-order valence-corrected chi connectivity index (χ3v) is 4.64. The van der Waals surface area contributed by atoms with Crippen molar-refractivity contribution in [2.24, 2.45) is 0 Å². The average Bonchev–Trinajstić information content (AvgIpc) is 2.59. The van der Waals surface area contributed by atoms with Crippen LogP contribution in [0, 0.1) is 0 Å². The Hall–Kier alpha value is -2.00. The standard InChI is InChI=1S/C20H23NOS/c1-3-15-23-19-12-8-7-11-18(19)20(22)21-16(2)13-14-17-9-5-4-6-10-17/h3-12,16H,1,13-15H2,2H3,(H,21,22). The summed E-state index contributed by atoms with van der Waals surface area (Å²) in [5.41, 5.74) is 2.04. The molecule has 1 N–H and O–H groups in total. The van der Waals surface area contributed by atoms with Crippen molar-refractivity contribution < 1.29 is 4.79 Å². The van der Waals surface area contributed by atoms with E-state index in [4.69, 9.17) is 0 Å². The molecule has 0 aliphatic carbocycles. The summed E-state index contributed by atoms with van der Waals surface area (Å²) in [4.78, 5) is 13.5. The van der Waals surface area contributed by atoms with Gasteiger partial charge >= 0.3 is 0 Å². The highest BCUT2D eigenvalue weighted by molar-refractivity contribution is 7.99. The van der Waals surface area contributed by atoms with Crippen LogP contribution in [0.3, 0.4) is 0 Å². The van der Waals surface area contributed by atoms with Gasteiger partial charge in [-0.05, 0) is 37.5 Å². The summed E-state index contributed by atoms with van der Waals surface area (Å²) < 4.78 is 0. The summed E-state index contributed by atoms with van der Waals surface area (Å²) in [7, 11) is 0. The van der Waals surface area contributed by atoms with E-state index in [1.54, 1.807) is 11.8 Å². The van der Waals surface area contributed by atoms with Gasteiger partial charge in [-0.2, -0.15) is 0 Å². The SMILES string of the molecule is C=CCSc1ccccc1C(=O)NC(C)CCc1ccccc1. The summed E-state index contributed by atoms with van der Waals surface area (Å²) in [6.07, 6.45) is 3.74. The quantitative estimate of drug-likeness (QED) is 0.562. The lowest BCUT2D eigenvalue weighted by Gasteiger charge is -2.15. The van der Waals surface area contributed by atoms with Gasteiger partial charge in [0.25, 0.3) is 5.91 Å². The maximum absolute atomic E-state index is 12.5. The van der Waals surface area contributed by atoms with Crippen molar-refractivity contribution >= 4 is 17.7 Å². The Kier molecular flexibility index (Phi) is 6.95. The van der Waals surface area contributed by atoms with E-state index in [1.165, 1.54) is 5.56 Å². The minimum Gasteiger partial charge on any atom is -0.350 e. The lowest BCUT2D eigenvalue weighted by molar-refractivity contribution is 0.0935. The maximum atomic E-state index is 12.5. The largest absolute Gasteiger partial charge is 0.350 e. The maximum Gasteiger partial charge on any atom is 0.252 e. The molecule has 23 heavy (non-hydrogen) atoms. The Balaban J connectivity index is 1.92. The van der Waals surface area contributed by atoms with Gasteiger partial charge in [0.1, 0.15) is 0 Å². The molecule has 0 aromatic heterocycles. The molecule has 0 radical (unpaired) electrons. The van der Waals surface area contributed by atoms with Crippen molar-refractivity contribution in [1.82, 2.24) is 5.32 Å². The number of aryl methyl sites for hydroxylation is 1. The molecule has 0 saturated heterocycles. The predicted octanol–water partition coefficient (Wildman–Crippen LogP) is 4.72. The van der Waals surface area contributed by atoms with Gasteiger partial charge in [-0.15, -0.1) is 18.3 Å². The van der Waals surface area contributed by atoms with Crippen LogP contribution in [0.2, 0.25) is 0 Å². The zero-order chi connectivity index (χ0) is 16.5. The number of carbonyl (C=O) groups excluding carboxylic acids is 1. The summed E-state index contributed by atoms with van der Waals surface area (Å²) >= 11 is 1.63. The van der Waals surface area contributed by atoms with Gasteiger partial charge in [0.15, 0.2) is 0 Å². The molecule has 1 unspecified atom stereocenters. The fourth-order valence-corrected chi connectivity index (χ4v) is 3.12. The van der Waals surface area contributed by atoms with Gasteiger partial charge in [0.2, 0.25) is 0 Å². The first-order valence-electron chi connectivity index (χ1n) is 7.88. The molecule has 3 heteroatoms. The topological polar surface area (TPSA) is 29.1 Å². The average molecular weight is 325 g/mol. The highest BCUT2D eigenvalue weighted by Gasteiger charge is 2.13. The van der Waals surface area contributed by atoms with Crippen LogP contribution in [0.15, 0.2) is 72.1 Å². The predicted molar refractivity (Wildman–Crippen MR) is 99.1 cm³/mol. The first kappa shape index (κ1) is 17.4. The van der Waals surface area contributed by atoms with Crippen molar-refractivity contribution in [3.63, 3.8) is 0 Å². The molecule has 0 heterocycles. The van der Waals surface area contributed by atoms with Crippen LogP contribution < -0.4 is 5.32 Å². The lowest BCUT2D eigenvalue weighted by Crippen LogP contribution is -2.33. The molecular weight excluding hydrogens is 302 g/mol. The van der Waals surface area contributed by atoms with Crippen LogP contribution >= 0.6 is 11.8 Å². The Morgan fingerprint density at radius 2 is 1.87 bits per heavy atom. The summed E-state index contributed by atoms with van der Waals surface area (Å²) in [6.45, 7) is 5.79. The monoisotopic (exact) mass is 325 g/mol. The summed E-state index contributed by atoms with van der Waals surface area (Å²) in [5.74, 6) is 0.797. The number of thioether (sulfide) groups is 1. The molecule has 0 aliphatic rings. The molecule has 2 aromatic rings. The Morgan fingerprint density at radius 1 is 1.17 bits per heavy atom. The van der Waals surface area contributed by atoms with Crippen LogP contribution in [-0.2, 0) is 6.42 Å². The summed E-state index contributed by atoms with van der Waals surface area (Å²) in [5, 5.41) is 3.11. The smallest absolute Gasteiger partial charge is 0.252 e. The van der Waals surface area contributed by atoms with Crippen molar-refractivity contribution in [3.05, 3.63) is 78.4 Å². The molecule has 0 saturated carbocycles. The number of hydrogen-bond donors (Lipinski definition) is 1. The van der Waals surface area contributed by atoms with Crippen molar-refractivity contribution in [1.29, 1.82) is 0 Å². The number of carbonyl (C=O) groups is 1. The molecule has 2 aromatic carbocycles. The zero-order valence-corrected chi connectivity index (χ0v) is 14.3. The number of rotatable bonds is 8. The Labute approximate surface area is 143 Å². The molecule has 1 amide bonds. The third kappa shape index (κ3) is 5.61. The third-order valence-electron chi connectivity index (χ3n) is 3.57. The number of hydrogen-bond acceptors (Lipinski definition) is 2. The molecular formula is C20H23NOS. The van der Waals surface area contributed by atoms with Crippen LogP contribution in [0.25, 0.3) is 0 Å². The lowest BCUT2D eigenvalue weighted by atomic mass is 10.1. The van der Waals surface area contributed by atoms with E-state index < -0.39 is 0 Å². The summed E-state index contributed by atoms with van der Waals surface area (Å²) in [6, 6.07) is 18.2. The molecule has 0 bridgehead atoms. The number of nitrogens with one attached hydrogen (secondary N) is 1. The van der Waals surface area contributed by atoms with Crippen molar-refractivity contribution in [2.45, 2.75) is 30.7 Å². The molecule has 120 valence electrons. The fourth-order valence-electron chi connectivity index (χ4n) is 2.33. The van der Waals surface area contributed by atoms with E-state index >= 15 is 0 Å². The molecule has 0 spiro atoms. The molecule has 1 atom stereocenters. The van der Waals surface area contributed by atoms with Gasteiger partial charge in [-0.25, -0.2) is 0 Å². The highest BCUT2D eigenvalue weighted by atomic mass is 32.2. The molecule has 0 aliphatic heterocycles. The fraction of sp³-hybridized carbons (Fsp3) is 0.250. The molecule has 0 fully saturated rings. The van der Waals surface area contributed by atoms with Crippen LogP contribution in [0.5, 0.6) is 0 Å². The van der Waals surface area contributed by atoms with E-state index in [9.17, 15) is 4.79 Å². The first-order chi connectivity index (χ1) is 11.2. The van der Waals surface area contributed by atoms with Gasteiger partial charge in [0, 0.05) is 16.7 Å². The van der Waals surface area contributed by atoms with Gasteiger partial charge in [-0.3, -0.25) is 4.79 Å². The van der Waals surface area contributed by atoms with Crippen LogP contribution in [0.1, 0.15) is 29.3 Å². The minimum atomic E-state index is -0.00211. The molecule has 2 rings (SSSR count). The second-order valence-corrected chi connectivity index (χ2v) is 6.56. The van der Waals surface area contributed by atoms with E-state index in [0.717, 1.165) is 29.1 Å². The number of amides is 1. The Morgan fingerprint density at radius 3 is 2.61 bits per heavy atom. The van der Waals surface area contributed by atoms with Gasteiger partial charge in [0.05, 0.1) is 5.56 Å². The second-order valence-electron chi connectivity index (χ2n) is 5.49. The van der Waals surface area contributed by atoms with Gasteiger partial charge in [-0.1, -0.05) is 48.5 Å². The van der Waals surface area contributed by atoms with E-state index in [-0.39, 0.29) is 11.9 Å². The van der Waals surface area contributed by atoms with E-state index in [1.807, 2.05) is 48.5 Å². The van der Waals surface area contributed by atoms with Crippen LogP contribution in [-0.4, -0.2) is 17.7 Å². The van der Waals surface area contributed by atoms with E-state index in [0.29, 0.717) is 0 Å². The normalized spacial score (nSPS) is 11.7. The van der Waals surface area contributed by atoms with Crippen molar-refractivity contribution in [3.8, 4) is 0 Å². The number of benzene rings is 2. The van der Waals surface area contributed by atoms with Crippen LogP contribution in [0.4, 0.5) is 0 Å². The minimum absolute atomic E-state index is 0.00211. The highest BCUT2D eigenvalue weighted by Crippen LogP contribution is 2.22.